The molecule has 0 atom stereocenters. The molecule has 4 nitrogen and oxygen atoms in total. The number of hydrogen-bond donors (Lipinski definition) is 1. The molecule has 23 heavy (non-hydrogen) atoms. The Balaban J connectivity index is 2.40. The number of aryl methyl sites for hydroxylation is 1. The van der Waals surface area contributed by atoms with Gasteiger partial charge in [0.1, 0.15) is 10.6 Å². The maximum Gasteiger partial charge on any atom is 0.416 e. The van der Waals surface area contributed by atoms with Gasteiger partial charge in [-0.1, -0.05) is 12.1 Å². The van der Waals surface area contributed by atoms with Gasteiger partial charge in [-0.05, 0) is 42.8 Å². The molecule has 0 unspecified atom stereocenters. The molecule has 2 aromatic rings. The summed E-state index contributed by atoms with van der Waals surface area (Å²) in [5.74, 6) is 0.115. The van der Waals surface area contributed by atoms with Crippen LogP contribution >= 0.6 is 0 Å². The lowest BCUT2D eigenvalue weighted by Gasteiger charge is -2.13. The third-order valence-corrected chi connectivity index (χ3v) is 4.47. The molecule has 0 fully saturated rings. The number of benzene rings is 2. The minimum Gasteiger partial charge on any atom is -0.495 e. The zero-order chi connectivity index (χ0) is 17.3. The predicted molar refractivity (Wildman–Crippen MR) is 80.0 cm³/mol. The summed E-state index contributed by atoms with van der Waals surface area (Å²) in [7, 11) is -2.76. The summed E-state index contributed by atoms with van der Waals surface area (Å²) in [6.07, 6.45) is -4.55. The van der Waals surface area contributed by atoms with Crippen molar-refractivity contribution in [1.82, 2.24) is 0 Å². The first-order valence-electron chi connectivity index (χ1n) is 6.48. The monoisotopic (exact) mass is 345 g/mol. The number of nitrogens with one attached hydrogen (secondary N) is 1. The van der Waals surface area contributed by atoms with E-state index in [0.717, 1.165) is 23.8 Å². The molecule has 0 radical (unpaired) electrons. The first kappa shape index (κ1) is 17.1. The molecule has 8 heteroatoms. The highest BCUT2D eigenvalue weighted by Crippen LogP contribution is 2.32. The second kappa shape index (κ2) is 6.11. The summed E-state index contributed by atoms with van der Waals surface area (Å²) in [5, 5.41) is 0. The Kier molecular flexibility index (Phi) is 4.56. The first-order chi connectivity index (χ1) is 10.6. The first-order valence-corrected chi connectivity index (χ1v) is 7.96. The van der Waals surface area contributed by atoms with E-state index in [0.29, 0.717) is 0 Å². The summed E-state index contributed by atoms with van der Waals surface area (Å²) in [5.41, 5.74) is -0.323. The maximum absolute atomic E-state index is 12.7. The van der Waals surface area contributed by atoms with Crippen LogP contribution in [0.2, 0.25) is 0 Å². The SMILES string of the molecule is COc1cc(C)ccc1S(=O)(=O)Nc1cccc(C(F)(F)F)c1. The highest BCUT2D eigenvalue weighted by Gasteiger charge is 2.31. The zero-order valence-corrected chi connectivity index (χ0v) is 13.1. The van der Waals surface area contributed by atoms with E-state index in [1.54, 1.807) is 13.0 Å². The average Bonchev–Trinajstić information content (AvgIpc) is 2.45. The van der Waals surface area contributed by atoms with E-state index in [9.17, 15) is 21.6 Å². The van der Waals surface area contributed by atoms with Gasteiger partial charge in [0.05, 0.1) is 12.7 Å². The third kappa shape index (κ3) is 3.95. The molecule has 0 saturated carbocycles. The van der Waals surface area contributed by atoms with Gasteiger partial charge in [0.15, 0.2) is 0 Å². The molecular weight excluding hydrogens is 331 g/mol. The van der Waals surface area contributed by atoms with Gasteiger partial charge in [-0.25, -0.2) is 8.42 Å². The van der Waals surface area contributed by atoms with Gasteiger partial charge in [0.25, 0.3) is 10.0 Å². The summed E-state index contributed by atoms with van der Waals surface area (Å²) in [4.78, 5) is -0.150. The third-order valence-electron chi connectivity index (χ3n) is 3.05. The summed E-state index contributed by atoms with van der Waals surface area (Å²) < 4.78 is 70.0. The van der Waals surface area contributed by atoms with Crippen LogP contribution in [-0.4, -0.2) is 15.5 Å². The molecule has 2 aromatic carbocycles. The van der Waals surface area contributed by atoms with Gasteiger partial charge in [-0.3, -0.25) is 4.72 Å². The van der Waals surface area contributed by atoms with Crippen molar-refractivity contribution in [2.75, 3.05) is 11.8 Å². The van der Waals surface area contributed by atoms with Gasteiger partial charge in [0, 0.05) is 5.69 Å². The molecule has 2 rings (SSSR count). The molecule has 0 aliphatic carbocycles. The molecule has 0 aromatic heterocycles. The predicted octanol–water partition coefficient (Wildman–Crippen LogP) is 3.82. The second-order valence-corrected chi connectivity index (χ2v) is 6.49. The molecule has 1 N–H and O–H groups in total. The molecule has 0 aliphatic heterocycles. The number of anilines is 1. The lowest BCUT2D eigenvalue weighted by molar-refractivity contribution is -0.137. The fourth-order valence-corrected chi connectivity index (χ4v) is 3.17. The van der Waals surface area contributed by atoms with Gasteiger partial charge < -0.3 is 4.74 Å². The van der Waals surface area contributed by atoms with Gasteiger partial charge in [-0.15, -0.1) is 0 Å². The van der Waals surface area contributed by atoms with Crippen molar-refractivity contribution in [1.29, 1.82) is 0 Å². The molecule has 124 valence electrons. The average molecular weight is 345 g/mol. The van der Waals surface area contributed by atoms with Crippen molar-refractivity contribution in [2.45, 2.75) is 18.0 Å². The van der Waals surface area contributed by atoms with E-state index < -0.39 is 21.8 Å². The fraction of sp³-hybridized carbons (Fsp3) is 0.200. The summed E-state index contributed by atoms with van der Waals surface area (Å²) >= 11 is 0. The molecule has 0 aliphatic rings. The Morgan fingerprint density at radius 1 is 1.09 bits per heavy atom. The van der Waals surface area contributed by atoms with Crippen molar-refractivity contribution in [2.24, 2.45) is 0 Å². The summed E-state index contributed by atoms with van der Waals surface area (Å²) in [6.45, 7) is 1.76. The van der Waals surface area contributed by atoms with Crippen molar-refractivity contribution < 1.29 is 26.3 Å². The Labute approximate surface area is 132 Å². The van der Waals surface area contributed by atoms with Crippen molar-refractivity contribution in [3.05, 3.63) is 53.6 Å². The Morgan fingerprint density at radius 3 is 2.39 bits per heavy atom. The van der Waals surface area contributed by atoms with Gasteiger partial charge in [-0.2, -0.15) is 13.2 Å². The number of methoxy groups -OCH3 is 1. The minimum atomic E-state index is -4.55. The van der Waals surface area contributed by atoms with Crippen LogP contribution in [0, 0.1) is 6.92 Å². The maximum atomic E-state index is 12.7. The van der Waals surface area contributed by atoms with E-state index in [2.05, 4.69) is 4.72 Å². The van der Waals surface area contributed by atoms with Crippen LogP contribution in [-0.2, 0) is 16.2 Å². The van der Waals surface area contributed by atoms with Crippen molar-refractivity contribution >= 4 is 15.7 Å². The van der Waals surface area contributed by atoms with Crippen LogP contribution in [0.3, 0.4) is 0 Å². The lowest BCUT2D eigenvalue weighted by Crippen LogP contribution is -2.15. The Hall–Kier alpha value is -2.22. The topological polar surface area (TPSA) is 55.4 Å². The molecular formula is C15H14F3NO3S. The standard InChI is InChI=1S/C15H14F3NO3S/c1-10-6-7-14(13(8-10)22-2)23(20,21)19-12-5-3-4-11(9-12)15(16,17)18/h3-9,19H,1-2H3. The molecule has 0 amide bonds. The van der Waals surface area contributed by atoms with E-state index in [1.807, 2.05) is 0 Å². The molecule has 0 bridgehead atoms. The van der Waals surface area contributed by atoms with E-state index >= 15 is 0 Å². The zero-order valence-electron chi connectivity index (χ0n) is 12.3. The molecule has 0 spiro atoms. The number of alkyl halides is 3. The van der Waals surface area contributed by atoms with Crippen LogP contribution in [0.15, 0.2) is 47.4 Å². The van der Waals surface area contributed by atoms with Crippen molar-refractivity contribution in [3.63, 3.8) is 0 Å². The van der Waals surface area contributed by atoms with Crippen LogP contribution < -0.4 is 9.46 Å². The highest BCUT2D eigenvalue weighted by atomic mass is 32.2. The van der Waals surface area contributed by atoms with E-state index in [4.69, 9.17) is 4.74 Å². The number of ether oxygens (including phenoxy) is 1. The van der Waals surface area contributed by atoms with Crippen LogP contribution in [0.25, 0.3) is 0 Å². The number of rotatable bonds is 4. The van der Waals surface area contributed by atoms with Gasteiger partial charge >= 0.3 is 6.18 Å². The highest BCUT2D eigenvalue weighted by molar-refractivity contribution is 7.92. The van der Waals surface area contributed by atoms with Crippen LogP contribution in [0.1, 0.15) is 11.1 Å². The normalized spacial score (nSPS) is 12.0. The number of hydrogen-bond acceptors (Lipinski definition) is 3. The number of sulfonamides is 1. The van der Waals surface area contributed by atoms with Crippen LogP contribution in [0.5, 0.6) is 5.75 Å². The van der Waals surface area contributed by atoms with E-state index in [-0.39, 0.29) is 16.3 Å². The lowest BCUT2D eigenvalue weighted by atomic mass is 10.2. The second-order valence-electron chi connectivity index (χ2n) is 4.84. The number of halogens is 3. The molecule has 0 saturated heterocycles. The quantitative estimate of drug-likeness (QED) is 0.916. The van der Waals surface area contributed by atoms with Crippen LogP contribution in [0.4, 0.5) is 18.9 Å². The smallest absolute Gasteiger partial charge is 0.416 e. The Bertz CT molecular complexity index is 817. The minimum absolute atomic E-state index is 0.115. The van der Waals surface area contributed by atoms with Gasteiger partial charge in [0.2, 0.25) is 0 Å². The van der Waals surface area contributed by atoms with E-state index in [1.165, 1.54) is 25.3 Å². The fourth-order valence-electron chi connectivity index (χ4n) is 1.97. The van der Waals surface area contributed by atoms with Crippen molar-refractivity contribution in [3.8, 4) is 5.75 Å². The summed E-state index contributed by atoms with van der Waals surface area (Å²) in [6, 6.07) is 8.41. The Morgan fingerprint density at radius 2 is 1.78 bits per heavy atom. The molecule has 0 heterocycles. The largest absolute Gasteiger partial charge is 0.495 e.